The summed E-state index contributed by atoms with van der Waals surface area (Å²) < 4.78 is 25.8. The molecule has 0 aliphatic carbocycles. The highest BCUT2D eigenvalue weighted by Crippen LogP contribution is 2.23. The van der Waals surface area contributed by atoms with Crippen molar-refractivity contribution in [1.82, 2.24) is 4.31 Å². The number of carboxylic acid groups (broad SMARTS) is 1. The van der Waals surface area contributed by atoms with Gasteiger partial charge in [0.15, 0.2) is 0 Å². The van der Waals surface area contributed by atoms with Crippen molar-refractivity contribution in [1.29, 1.82) is 0 Å². The highest BCUT2D eigenvalue weighted by molar-refractivity contribution is 7.88. The van der Waals surface area contributed by atoms with Crippen LogP contribution in [0.4, 0.5) is 0 Å². The lowest BCUT2D eigenvalue weighted by atomic mass is 10.1. The smallest absolute Gasteiger partial charge is 0.322 e. The number of carboxylic acids is 1. The number of hydrogen-bond donors (Lipinski definition) is 1. The summed E-state index contributed by atoms with van der Waals surface area (Å²) in [5.74, 6) is -1.20. The van der Waals surface area contributed by atoms with Crippen molar-refractivity contribution in [2.24, 2.45) is 0 Å². The fourth-order valence-corrected chi connectivity index (χ4v) is 4.12. The van der Waals surface area contributed by atoms with Gasteiger partial charge in [-0.3, -0.25) is 4.79 Å². The molecule has 0 spiro atoms. The van der Waals surface area contributed by atoms with Crippen LogP contribution in [0, 0.1) is 0 Å². The highest BCUT2D eigenvalue weighted by atomic mass is 32.2. The fraction of sp³-hybridized carbons (Fsp3) is 0.462. The first kappa shape index (κ1) is 14.0. The first-order valence-corrected chi connectivity index (χ1v) is 7.88. The number of piperidine rings is 1. The molecule has 1 fully saturated rings. The second kappa shape index (κ2) is 5.71. The highest BCUT2D eigenvalue weighted by Gasteiger charge is 2.36. The topological polar surface area (TPSA) is 74.7 Å². The summed E-state index contributed by atoms with van der Waals surface area (Å²) in [5.41, 5.74) is 0.678. The summed E-state index contributed by atoms with van der Waals surface area (Å²) in [6.07, 6.45) is 1.87. The molecule has 1 aromatic carbocycles. The lowest BCUT2D eigenvalue weighted by Gasteiger charge is -2.31. The van der Waals surface area contributed by atoms with E-state index in [0.717, 1.165) is 17.1 Å². The van der Waals surface area contributed by atoms with E-state index in [1.165, 1.54) is 0 Å². The number of hydrogen-bond acceptors (Lipinski definition) is 3. The van der Waals surface area contributed by atoms with Gasteiger partial charge in [-0.2, -0.15) is 4.31 Å². The zero-order valence-electron chi connectivity index (χ0n) is 10.5. The second-order valence-corrected chi connectivity index (χ2v) is 6.62. The molecule has 1 saturated heterocycles. The van der Waals surface area contributed by atoms with Crippen LogP contribution in [0.15, 0.2) is 30.3 Å². The lowest BCUT2D eigenvalue weighted by Crippen LogP contribution is -2.48. The second-order valence-electron chi connectivity index (χ2n) is 4.70. The Bertz CT molecular complexity index is 541. The Kier molecular flexibility index (Phi) is 4.21. The standard InChI is InChI=1S/C13H17NO4S/c15-13(16)12-8-4-5-9-14(12)19(17,18)10-11-6-2-1-3-7-11/h1-3,6-7,12H,4-5,8-10H2,(H,15,16)/t12-/m1/s1. The summed E-state index contributed by atoms with van der Waals surface area (Å²) in [6.45, 7) is 0.298. The predicted octanol–water partition coefficient (Wildman–Crippen LogP) is 1.46. The van der Waals surface area contributed by atoms with E-state index in [0.29, 0.717) is 18.5 Å². The van der Waals surface area contributed by atoms with Crippen molar-refractivity contribution in [3.63, 3.8) is 0 Å². The predicted molar refractivity (Wildman–Crippen MR) is 71.0 cm³/mol. The molecule has 1 aliphatic rings. The van der Waals surface area contributed by atoms with Gasteiger partial charge >= 0.3 is 5.97 Å². The maximum Gasteiger partial charge on any atom is 0.322 e. The van der Waals surface area contributed by atoms with Gasteiger partial charge in [0.1, 0.15) is 6.04 Å². The Morgan fingerprint density at radius 3 is 2.58 bits per heavy atom. The first-order chi connectivity index (χ1) is 9.00. The van der Waals surface area contributed by atoms with Crippen LogP contribution in [-0.4, -0.2) is 36.4 Å². The van der Waals surface area contributed by atoms with Crippen LogP contribution in [0.1, 0.15) is 24.8 Å². The van der Waals surface area contributed by atoms with Crippen molar-refractivity contribution in [2.75, 3.05) is 6.54 Å². The van der Waals surface area contributed by atoms with E-state index in [9.17, 15) is 13.2 Å². The first-order valence-electron chi connectivity index (χ1n) is 6.27. The van der Waals surface area contributed by atoms with E-state index < -0.39 is 22.0 Å². The monoisotopic (exact) mass is 283 g/mol. The zero-order chi connectivity index (χ0) is 13.9. The van der Waals surface area contributed by atoms with E-state index in [2.05, 4.69) is 0 Å². The molecule has 1 heterocycles. The van der Waals surface area contributed by atoms with Gasteiger partial charge in [0, 0.05) is 6.54 Å². The van der Waals surface area contributed by atoms with E-state index in [1.807, 2.05) is 6.07 Å². The molecule has 19 heavy (non-hydrogen) atoms. The molecular formula is C13H17NO4S. The van der Waals surface area contributed by atoms with Crippen LogP contribution in [-0.2, 0) is 20.6 Å². The SMILES string of the molecule is O=C(O)[C@H]1CCCCN1S(=O)(=O)Cc1ccccc1. The van der Waals surface area contributed by atoms with Gasteiger partial charge in [0.05, 0.1) is 5.75 Å². The lowest BCUT2D eigenvalue weighted by molar-refractivity contribution is -0.142. The average Bonchev–Trinajstić information content (AvgIpc) is 2.39. The molecule has 0 radical (unpaired) electrons. The normalized spacial score (nSPS) is 21.2. The average molecular weight is 283 g/mol. The Balaban J connectivity index is 2.20. The number of benzene rings is 1. The largest absolute Gasteiger partial charge is 0.480 e. The molecule has 6 heteroatoms. The molecule has 0 unspecified atom stereocenters. The van der Waals surface area contributed by atoms with Gasteiger partial charge < -0.3 is 5.11 Å². The Hall–Kier alpha value is -1.40. The maximum atomic E-state index is 12.3. The van der Waals surface area contributed by atoms with Crippen LogP contribution < -0.4 is 0 Å². The van der Waals surface area contributed by atoms with Gasteiger partial charge in [0.25, 0.3) is 0 Å². The minimum Gasteiger partial charge on any atom is -0.480 e. The van der Waals surface area contributed by atoms with Crippen LogP contribution in [0.5, 0.6) is 0 Å². The Morgan fingerprint density at radius 2 is 1.95 bits per heavy atom. The molecule has 1 aliphatic heterocycles. The molecule has 0 amide bonds. The van der Waals surface area contributed by atoms with E-state index in [1.54, 1.807) is 24.3 Å². The molecular weight excluding hydrogens is 266 g/mol. The quantitative estimate of drug-likeness (QED) is 0.907. The third-order valence-electron chi connectivity index (χ3n) is 3.29. The summed E-state index contributed by atoms with van der Waals surface area (Å²) in [5, 5.41) is 9.13. The molecule has 104 valence electrons. The van der Waals surface area contributed by atoms with E-state index >= 15 is 0 Å². The third-order valence-corrected chi connectivity index (χ3v) is 5.14. The van der Waals surface area contributed by atoms with Crippen LogP contribution >= 0.6 is 0 Å². The molecule has 2 rings (SSSR count). The molecule has 1 aromatic rings. The number of nitrogens with zero attached hydrogens (tertiary/aromatic N) is 1. The van der Waals surface area contributed by atoms with Crippen molar-refractivity contribution in [3.8, 4) is 0 Å². The summed E-state index contributed by atoms with van der Waals surface area (Å²) in [4.78, 5) is 11.2. The molecule has 5 nitrogen and oxygen atoms in total. The van der Waals surface area contributed by atoms with Crippen LogP contribution in [0.2, 0.25) is 0 Å². The number of aliphatic carboxylic acids is 1. The molecule has 0 saturated carbocycles. The van der Waals surface area contributed by atoms with E-state index in [-0.39, 0.29) is 5.75 Å². The molecule has 1 atom stereocenters. The van der Waals surface area contributed by atoms with Crippen LogP contribution in [0.3, 0.4) is 0 Å². The fourth-order valence-electron chi connectivity index (χ4n) is 2.35. The van der Waals surface area contributed by atoms with E-state index in [4.69, 9.17) is 5.11 Å². The molecule has 0 aromatic heterocycles. The number of sulfonamides is 1. The van der Waals surface area contributed by atoms with Gasteiger partial charge in [-0.1, -0.05) is 30.3 Å². The summed E-state index contributed by atoms with van der Waals surface area (Å²) in [7, 11) is -3.58. The third kappa shape index (κ3) is 3.33. The molecule has 0 bridgehead atoms. The summed E-state index contributed by atoms with van der Waals surface area (Å²) in [6, 6.07) is 7.92. The Labute approximate surface area is 112 Å². The van der Waals surface area contributed by atoms with Crippen molar-refractivity contribution < 1.29 is 18.3 Å². The van der Waals surface area contributed by atoms with Gasteiger partial charge in [0.2, 0.25) is 10.0 Å². The van der Waals surface area contributed by atoms with Gasteiger partial charge in [-0.05, 0) is 24.8 Å². The van der Waals surface area contributed by atoms with Crippen molar-refractivity contribution in [3.05, 3.63) is 35.9 Å². The summed E-state index contributed by atoms with van der Waals surface area (Å²) >= 11 is 0. The number of rotatable bonds is 4. The van der Waals surface area contributed by atoms with Crippen LogP contribution in [0.25, 0.3) is 0 Å². The minimum atomic E-state index is -3.58. The van der Waals surface area contributed by atoms with Crippen molar-refractivity contribution in [2.45, 2.75) is 31.1 Å². The number of carbonyl (C=O) groups is 1. The van der Waals surface area contributed by atoms with Gasteiger partial charge in [-0.25, -0.2) is 8.42 Å². The van der Waals surface area contributed by atoms with Crippen molar-refractivity contribution >= 4 is 16.0 Å². The van der Waals surface area contributed by atoms with Gasteiger partial charge in [-0.15, -0.1) is 0 Å². The minimum absolute atomic E-state index is 0.141. The Morgan fingerprint density at radius 1 is 1.26 bits per heavy atom. The zero-order valence-corrected chi connectivity index (χ0v) is 11.3. The maximum absolute atomic E-state index is 12.3. The molecule has 1 N–H and O–H groups in total.